The lowest BCUT2D eigenvalue weighted by Crippen LogP contribution is -2.60. The predicted molar refractivity (Wildman–Crippen MR) is 88.7 cm³/mol. The third kappa shape index (κ3) is 4.68. The van der Waals surface area contributed by atoms with Gasteiger partial charge in [-0.3, -0.25) is 14.6 Å². The van der Waals surface area contributed by atoms with Crippen LogP contribution >= 0.6 is 0 Å². The van der Waals surface area contributed by atoms with Crippen LogP contribution in [0, 0.1) is 5.92 Å². The van der Waals surface area contributed by atoms with Crippen molar-refractivity contribution in [2.24, 2.45) is 5.92 Å². The fraction of sp³-hybridized carbons (Fsp3) is 0.588. The van der Waals surface area contributed by atoms with E-state index in [4.69, 9.17) is 4.74 Å². The van der Waals surface area contributed by atoms with E-state index in [1.54, 1.807) is 0 Å². The Morgan fingerprint density at radius 1 is 1.26 bits per heavy atom. The highest BCUT2D eigenvalue weighted by molar-refractivity contribution is 5.96. The number of amides is 3. The highest BCUT2D eigenvalue weighted by Crippen LogP contribution is 2.29. The molecule has 1 atom stereocenters. The first kappa shape index (κ1) is 19.4. The minimum atomic E-state index is -4.50. The SMILES string of the molecule is CN1C(=O)CC(N2CCC(COc3cccc(C(F)(F)F)n3)CC2)NC1=O. The van der Waals surface area contributed by atoms with Crippen molar-refractivity contribution >= 4 is 11.9 Å². The fourth-order valence-corrected chi connectivity index (χ4v) is 3.21. The van der Waals surface area contributed by atoms with Crippen molar-refractivity contribution in [1.82, 2.24) is 20.1 Å². The van der Waals surface area contributed by atoms with Gasteiger partial charge in [0.2, 0.25) is 11.8 Å². The third-order valence-electron chi connectivity index (χ3n) is 4.91. The number of imide groups is 1. The zero-order chi connectivity index (χ0) is 19.6. The number of rotatable bonds is 4. The molecule has 1 aromatic rings. The van der Waals surface area contributed by atoms with Crippen molar-refractivity contribution in [2.75, 3.05) is 26.7 Å². The van der Waals surface area contributed by atoms with Crippen LogP contribution in [0.2, 0.25) is 0 Å². The molecule has 10 heteroatoms. The topological polar surface area (TPSA) is 74.8 Å². The van der Waals surface area contributed by atoms with E-state index < -0.39 is 17.9 Å². The van der Waals surface area contributed by atoms with Gasteiger partial charge in [-0.05, 0) is 24.8 Å². The summed E-state index contributed by atoms with van der Waals surface area (Å²) in [5, 5.41) is 2.80. The summed E-state index contributed by atoms with van der Waals surface area (Å²) in [6.45, 7) is 1.62. The smallest absolute Gasteiger partial charge is 0.433 e. The molecule has 1 aromatic heterocycles. The van der Waals surface area contributed by atoms with Crippen LogP contribution in [-0.2, 0) is 11.0 Å². The molecule has 7 nitrogen and oxygen atoms in total. The molecular formula is C17H21F3N4O3. The van der Waals surface area contributed by atoms with Gasteiger partial charge in [-0.15, -0.1) is 0 Å². The van der Waals surface area contributed by atoms with Crippen LogP contribution in [0.4, 0.5) is 18.0 Å². The normalized spacial score (nSPS) is 22.7. The summed E-state index contributed by atoms with van der Waals surface area (Å²) in [5.74, 6) is -0.0829. The van der Waals surface area contributed by atoms with E-state index >= 15 is 0 Å². The van der Waals surface area contributed by atoms with Crippen LogP contribution in [0.15, 0.2) is 18.2 Å². The van der Waals surface area contributed by atoms with Crippen molar-refractivity contribution in [3.63, 3.8) is 0 Å². The first-order chi connectivity index (χ1) is 12.7. The van der Waals surface area contributed by atoms with Gasteiger partial charge in [0.05, 0.1) is 19.2 Å². The molecule has 1 N–H and O–H groups in total. The molecule has 3 heterocycles. The zero-order valence-electron chi connectivity index (χ0n) is 14.8. The van der Waals surface area contributed by atoms with Crippen molar-refractivity contribution in [2.45, 2.75) is 31.6 Å². The molecule has 0 aliphatic carbocycles. The Morgan fingerprint density at radius 3 is 2.59 bits per heavy atom. The lowest BCUT2D eigenvalue weighted by molar-refractivity contribution is -0.141. The van der Waals surface area contributed by atoms with E-state index in [9.17, 15) is 22.8 Å². The van der Waals surface area contributed by atoms with E-state index in [1.807, 2.05) is 4.90 Å². The molecule has 1 unspecified atom stereocenters. The third-order valence-corrected chi connectivity index (χ3v) is 4.91. The number of halogens is 3. The number of hydrogen-bond donors (Lipinski definition) is 1. The van der Waals surface area contributed by atoms with Crippen LogP contribution in [0.25, 0.3) is 0 Å². The molecule has 3 amide bonds. The van der Waals surface area contributed by atoms with E-state index in [0.29, 0.717) is 13.1 Å². The molecule has 0 bridgehead atoms. The molecule has 2 fully saturated rings. The summed E-state index contributed by atoms with van der Waals surface area (Å²) in [6, 6.07) is 3.18. The maximum atomic E-state index is 12.7. The molecule has 0 radical (unpaired) electrons. The Balaban J connectivity index is 1.48. The largest absolute Gasteiger partial charge is 0.477 e. The molecule has 2 aliphatic rings. The molecule has 0 aromatic carbocycles. The zero-order valence-corrected chi connectivity index (χ0v) is 14.8. The number of likely N-dealkylation sites (tertiary alicyclic amines) is 1. The number of nitrogens with one attached hydrogen (secondary N) is 1. The number of carbonyl (C=O) groups excluding carboxylic acids is 2. The monoisotopic (exact) mass is 386 g/mol. The number of ether oxygens (including phenoxy) is 1. The van der Waals surface area contributed by atoms with E-state index in [2.05, 4.69) is 10.3 Å². The molecular weight excluding hydrogens is 365 g/mol. The Morgan fingerprint density at radius 2 is 1.96 bits per heavy atom. The minimum Gasteiger partial charge on any atom is -0.477 e. The van der Waals surface area contributed by atoms with Crippen molar-refractivity contribution in [1.29, 1.82) is 0 Å². The molecule has 0 saturated carbocycles. The summed E-state index contributed by atoms with van der Waals surface area (Å²) >= 11 is 0. The fourth-order valence-electron chi connectivity index (χ4n) is 3.21. The van der Waals surface area contributed by atoms with Gasteiger partial charge in [-0.25, -0.2) is 9.78 Å². The first-order valence-electron chi connectivity index (χ1n) is 8.72. The van der Waals surface area contributed by atoms with Gasteiger partial charge in [0.1, 0.15) is 5.69 Å². The maximum absolute atomic E-state index is 12.7. The van der Waals surface area contributed by atoms with Gasteiger partial charge in [0.15, 0.2) is 0 Å². The van der Waals surface area contributed by atoms with E-state index in [1.165, 1.54) is 19.2 Å². The molecule has 2 saturated heterocycles. The van der Waals surface area contributed by atoms with E-state index in [0.717, 1.165) is 23.8 Å². The summed E-state index contributed by atoms with van der Waals surface area (Å²) in [4.78, 5) is 30.2. The second-order valence-corrected chi connectivity index (χ2v) is 6.77. The number of pyridine rings is 1. The van der Waals surface area contributed by atoms with Crippen LogP contribution in [-0.4, -0.2) is 59.6 Å². The summed E-state index contributed by atoms with van der Waals surface area (Å²) in [7, 11) is 1.44. The number of piperidine rings is 1. The number of urea groups is 1. The highest BCUT2D eigenvalue weighted by Gasteiger charge is 2.35. The number of alkyl halides is 3. The number of carbonyl (C=O) groups is 2. The quantitative estimate of drug-likeness (QED) is 0.858. The Hall–Kier alpha value is -2.36. The Bertz CT molecular complexity index is 687. The summed E-state index contributed by atoms with van der Waals surface area (Å²) < 4.78 is 43.5. The average molecular weight is 386 g/mol. The Labute approximate surface area is 154 Å². The van der Waals surface area contributed by atoms with Crippen molar-refractivity contribution in [3.05, 3.63) is 23.9 Å². The van der Waals surface area contributed by atoms with Crippen molar-refractivity contribution < 1.29 is 27.5 Å². The second-order valence-electron chi connectivity index (χ2n) is 6.77. The minimum absolute atomic E-state index is 0.0413. The number of aromatic nitrogens is 1. The van der Waals surface area contributed by atoms with Crippen molar-refractivity contribution in [3.8, 4) is 5.88 Å². The second kappa shape index (κ2) is 7.71. The lowest BCUT2D eigenvalue weighted by Gasteiger charge is -2.40. The highest BCUT2D eigenvalue weighted by atomic mass is 19.4. The van der Waals surface area contributed by atoms with Gasteiger partial charge in [0, 0.05) is 26.2 Å². The lowest BCUT2D eigenvalue weighted by atomic mass is 9.97. The standard InChI is InChI=1S/C17H21F3N4O3/c1-23-15(25)9-13(22-16(23)26)24-7-5-11(6-8-24)10-27-14-4-2-3-12(21-14)17(18,19)20/h2-4,11,13H,5-10H2,1H3,(H,22,26). The van der Waals surface area contributed by atoms with Gasteiger partial charge in [0.25, 0.3) is 0 Å². The van der Waals surface area contributed by atoms with Gasteiger partial charge >= 0.3 is 12.2 Å². The van der Waals surface area contributed by atoms with Gasteiger partial charge in [-0.2, -0.15) is 13.2 Å². The van der Waals surface area contributed by atoms with Crippen LogP contribution in [0.3, 0.4) is 0 Å². The van der Waals surface area contributed by atoms with Gasteiger partial charge < -0.3 is 10.1 Å². The molecule has 148 valence electrons. The summed E-state index contributed by atoms with van der Waals surface area (Å²) in [5.41, 5.74) is -0.975. The number of nitrogens with zero attached hydrogens (tertiary/aromatic N) is 3. The van der Waals surface area contributed by atoms with Crippen LogP contribution < -0.4 is 10.1 Å². The molecule has 0 spiro atoms. The van der Waals surface area contributed by atoms with E-state index in [-0.39, 0.29) is 36.9 Å². The average Bonchev–Trinajstić information content (AvgIpc) is 2.64. The predicted octanol–water partition coefficient (Wildman–Crippen LogP) is 2.09. The molecule has 27 heavy (non-hydrogen) atoms. The summed E-state index contributed by atoms with van der Waals surface area (Å²) in [6.07, 6.45) is -3.06. The van der Waals surface area contributed by atoms with Crippen LogP contribution in [0.1, 0.15) is 25.0 Å². The Kier molecular flexibility index (Phi) is 5.54. The molecule has 2 aliphatic heterocycles. The molecule has 3 rings (SSSR count). The number of hydrogen-bond acceptors (Lipinski definition) is 5. The van der Waals surface area contributed by atoms with Crippen LogP contribution in [0.5, 0.6) is 5.88 Å². The maximum Gasteiger partial charge on any atom is 0.433 e. The first-order valence-corrected chi connectivity index (χ1v) is 8.72. The van der Waals surface area contributed by atoms with Gasteiger partial charge in [-0.1, -0.05) is 6.07 Å².